The Labute approximate surface area is 99.7 Å². The molecule has 2 N–H and O–H groups in total. The molecule has 17 heavy (non-hydrogen) atoms. The first-order chi connectivity index (χ1) is 7.88. The normalized spacial score (nSPS) is 18.9. The van der Waals surface area contributed by atoms with E-state index in [1.807, 2.05) is 0 Å². The second-order valence-electron chi connectivity index (χ2n) is 5.25. The Morgan fingerprint density at radius 2 is 1.76 bits per heavy atom. The Kier molecular flexibility index (Phi) is 3.19. The summed E-state index contributed by atoms with van der Waals surface area (Å²) in [5.41, 5.74) is -0.464. The third-order valence-corrected chi connectivity index (χ3v) is 3.29. The molecular weight excluding hydrogens is 224 g/mol. The average molecular weight is 241 g/mol. The third-order valence-electron chi connectivity index (χ3n) is 3.29. The summed E-state index contributed by atoms with van der Waals surface area (Å²) in [7, 11) is 0. The van der Waals surface area contributed by atoms with Crippen LogP contribution in [0.1, 0.15) is 25.3 Å². The Morgan fingerprint density at radius 1 is 1.24 bits per heavy atom. The summed E-state index contributed by atoms with van der Waals surface area (Å²) in [6.45, 7) is 4.90. The molecule has 1 aliphatic heterocycles. The molecule has 1 atom stereocenters. The van der Waals surface area contributed by atoms with Crippen LogP contribution in [0, 0.1) is 17.6 Å². The Hall–Kier alpha value is -1.00. The molecule has 2 nitrogen and oxygen atoms in total. The summed E-state index contributed by atoms with van der Waals surface area (Å²) in [6, 6.07) is 3.47. The molecule has 2 rings (SSSR count). The minimum absolute atomic E-state index is 0.219. The Balaban J connectivity index is 2.37. The average Bonchev–Trinajstić information content (AvgIpc) is 2.06. The lowest BCUT2D eigenvalue weighted by atomic mass is 9.73. The van der Waals surface area contributed by atoms with E-state index < -0.39 is 17.2 Å². The molecule has 0 bridgehead atoms. The molecule has 1 aromatic carbocycles. The molecule has 0 radical (unpaired) electrons. The summed E-state index contributed by atoms with van der Waals surface area (Å²) >= 11 is 0. The lowest BCUT2D eigenvalue weighted by molar-refractivity contribution is 0.0162. The van der Waals surface area contributed by atoms with E-state index in [4.69, 9.17) is 0 Å². The highest BCUT2D eigenvalue weighted by Crippen LogP contribution is 2.37. The lowest BCUT2D eigenvalue weighted by Gasteiger charge is -2.41. The molecule has 1 fully saturated rings. The van der Waals surface area contributed by atoms with E-state index in [1.165, 1.54) is 12.1 Å². The van der Waals surface area contributed by atoms with Crippen LogP contribution in [0.25, 0.3) is 0 Å². The van der Waals surface area contributed by atoms with Gasteiger partial charge in [-0.1, -0.05) is 0 Å². The minimum Gasteiger partial charge on any atom is -0.390 e. The van der Waals surface area contributed by atoms with Gasteiger partial charge in [0.25, 0.3) is 0 Å². The third kappa shape index (κ3) is 2.64. The maximum atomic E-state index is 13.2. The highest BCUT2D eigenvalue weighted by Gasteiger charge is 2.38. The smallest absolute Gasteiger partial charge is 0.126 e. The highest BCUT2D eigenvalue weighted by atomic mass is 19.1. The zero-order chi connectivity index (χ0) is 12.6. The van der Waals surface area contributed by atoms with Crippen molar-refractivity contribution >= 4 is 0 Å². The maximum Gasteiger partial charge on any atom is 0.126 e. The summed E-state index contributed by atoms with van der Waals surface area (Å²) in [5, 5.41) is 13.3. The van der Waals surface area contributed by atoms with E-state index in [0.29, 0.717) is 5.56 Å². The summed E-state index contributed by atoms with van der Waals surface area (Å²) in [6.07, 6.45) is 0. The van der Waals surface area contributed by atoms with Crippen molar-refractivity contribution < 1.29 is 13.9 Å². The number of hydrogen-bond donors (Lipinski definition) is 2. The molecule has 0 amide bonds. The lowest BCUT2D eigenvalue weighted by Crippen LogP contribution is -2.50. The van der Waals surface area contributed by atoms with Crippen molar-refractivity contribution in [1.29, 1.82) is 0 Å². The van der Waals surface area contributed by atoms with Gasteiger partial charge in [0.05, 0.1) is 5.60 Å². The van der Waals surface area contributed by atoms with Crippen molar-refractivity contribution in [2.75, 3.05) is 13.1 Å². The standard InChI is InChI=1S/C13H17F2NO/c1-13(2,17)12(9-6-16-7-9)8-3-10(14)5-11(15)4-8/h3-5,9,12,16-17H,6-7H2,1-2H3. The highest BCUT2D eigenvalue weighted by molar-refractivity contribution is 5.26. The molecule has 94 valence electrons. The second-order valence-corrected chi connectivity index (χ2v) is 5.25. The van der Waals surface area contributed by atoms with Crippen LogP contribution in [0.15, 0.2) is 18.2 Å². The van der Waals surface area contributed by atoms with E-state index in [0.717, 1.165) is 19.2 Å². The van der Waals surface area contributed by atoms with Crippen molar-refractivity contribution in [3.8, 4) is 0 Å². The molecule has 1 heterocycles. The number of halogens is 2. The van der Waals surface area contributed by atoms with Gasteiger partial charge in [0.2, 0.25) is 0 Å². The van der Waals surface area contributed by atoms with Crippen molar-refractivity contribution in [2.24, 2.45) is 5.92 Å². The van der Waals surface area contributed by atoms with Gasteiger partial charge in [0.15, 0.2) is 0 Å². The van der Waals surface area contributed by atoms with Crippen LogP contribution in [0.3, 0.4) is 0 Å². The predicted molar refractivity (Wildman–Crippen MR) is 61.8 cm³/mol. The summed E-state index contributed by atoms with van der Waals surface area (Å²) < 4.78 is 26.4. The van der Waals surface area contributed by atoms with Crippen LogP contribution in [-0.2, 0) is 0 Å². The predicted octanol–water partition coefficient (Wildman–Crippen LogP) is 2.04. The van der Waals surface area contributed by atoms with Crippen molar-refractivity contribution in [3.05, 3.63) is 35.4 Å². The maximum absolute atomic E-state index is 13.2. The largest absolute Gasteiger partial charge is 0.390 e. The Bertz CT molecular complexity index is 390. The molecule has 1 aromatic rings. The molecule has 0 saturated carbocycles. The number of aliphatic hydroxyl groups is 1. The van der Waals surface area contributed by atoms with Gasteiger partial charge in [-0.25, -0.2) is 8.78 Å². The molecule has 1 unspecified atom stereocenters. The number of rotatable bonds is 3. The fourth-order valence-electron chi connectivity index (χ4n) is 2.56. The van der Waals surface area contributed by atoms with E-state index in [9.17, 15) is 13.9 Å². The Morgan fingerprint density at radius 3 is 2.12 bits per heavy atom. The van der Waals surface area contributed by atoms with Crippen LogP contribution < -0.4 is 5.32 Å². The van der Waals surface area contributed by atoms with Gasteiger partial charge in [-0.2, -0.15) is 0 Å². The van der Waals surface area contributed by atoms with E-state index >= 15 is 0 Å². The van der Waals surface area contributed by atoms with Gasteiger partial charge in [-0.15, -0.1) is 0 Å². The number of hydrogen-bond acceptors (Lipinski definition) is 2. The number of benzene rings is 1. The van der Waals surface area contributed by atoms with Crippen LogP contribution in [0.4, 0.5) is 8.78 Å². The first-order valence-corrected chi connectivity index (χ1v) is 5.77. The minimum atomic E-state index is -0.993. The van der Waals surface area contributed by atoms with Crippen molar-refractivity contribution in [3.63, 3.8) is 0 Å². The summed E-state index contributed by atoms with van der Waals surface area (Å²) in [5.74, 6) is -1.23. The van der Waals surface area contributed by atoms with Crippen molar-refractivity contribution in [1.82, 2.24) is 5.32 Å². The van der Waals surface area contributed by atoms with Gasteiger partial charge < -0.3 is 10.4 Å². The van der Waals surface area contributed by atoms with Gasteiger partial charge in [0.1, 0.15) is 11.6 Å². The molecular formula is C13H17F2NO. The first-order valence-electron chi connectivity index (χ1n) is 5.77. The van der Waals surface area contributed by atoms with Crippen molar-refractivity contribution in [2.45, 2.75) is 25.4 Å². The van der Waals surface area contributed by atoms with Gasteiger partial charge in [-0.3, -0.25) is 0 Å². The summed E-state index contributed by atoms with van der Waals surface area (Å²) in [4.78, 5) is 0. The zero-order valence-electron chi connectivity index (χ0n) is 10.0. The molecule has 0 aliphatic carbocycles. The van der Waals surface area contributed by atoms with E-state index in [-0.39, 0.29) is 11.8 Å². The molecule has 0 spiro atoms. The zero-order valence-corrected chi connectivity index (χ0v) is 10.0. The van der Waals surface area contributed by atoms with Gasteiger partial charge in [0, 0.05) is 12.0 Å². The fourth-order valence-corrected chi connectivity index (χ4v) is 2.56. The van der Waals surface area contributed by atoms with Gasteiger partial charge in [-0.05, 0) is 50.6 Å². The SMILES string of the molecule is CC(C)(O)C(c1cc(F)cc(F)c1)C1CNC1. The fraction of sp³-hybridized carbons (Fsp3) is 0.538. The van der Waals surface area contributed by atoms with E-state index in [2.05, 4.69) is 5.32 Å². The van der Waals surface area contributed by atoms with Crippen LogP contribution in [0.5, 0.6) is 0 Å². The van der Waals surface area contributed by atoms with Crippen LogP contribution >= 0.6 is 0 Å². The van der Waals surface area contributed by atoms with E-state index in [1.54, 1.807) is 13.8 Å². The second kappa shape index (κ2) is 4.35. The molecule has 1 aliphatic rings. The van der Waals surface area contributed by atoms with Crippen LogP contribution in [0.2, 0.25) is 0 Å². The number of nitrogens with one attached hydrogen (secondary N) is 1. The van der Waals surface area contributed by atoms with Crippen LogP contribution in [-0.4, -0.2) is 23.8 Å². The molecule has 1 saturated heterocycles. The monoisotopic (exact) mass is 241 g/mol. The topological polar surface area (TPSA) is 32.3 Å². The molecule has 4 heteroatoms. The molecule has 0 aromatic heterocycles. The van der Waals surface area contributed by atoms with Gasteiger partial charge >= 0.3 is 0 Å². The first kappa shape index (κ1) is 12.5. The quantitative estimate of drug-likeness (QED) is 0.848.